The predicted molar refractivity (Wildman–Crippen MR) is 87.6 cm³/mol. The smallest absolute Gasteiger partial charge is 0.316 e. The average molecular weight is 350 g/mol. The van der Waals surface area contributed by atoms with Gasteiger partial charge in [-0.25, -0.2) is 4.79 Å². The molecule has 0 unspecified atom stereocenters. The molecule has 3 N–H and O–H groups in total. The number of carbonyl (C=O) groups excluding carboxylic acids is 2. The van der Waals surface area contributed by atoms with Gasteiger partial charge >= 0.3 is 6.03 Å². The highest BCUT2D eigenvalue weighted by atomic mass is 35.5. The van der Waals surface area contributed by atoms with Crippen LogP contribution in [-0.2, 0) is 0 Å². The van der Waals surface area contributed by atoms with E-state index in [1.54, 1.807) is 0 Å². The van der Waals surface area contributed by atoms with Gasteiger partial charge in [-0.3, -0.25) is 14.9 Å². The summed E-state index contributed by atoms with van der Waals surface area (Å²) in [5.74, 6) is -0.155. The molecule has 0 aliphatic heterocycles. The van der Waals surface area contributed by atoms with Crippen LogP contribution < -0.4 is 15.8 Å². The van der Waals surface area contributed by atoms with Crippen molar-refractivity contribution in [1.29, 1.82) is 0 Å². The number of halogens is 1. The molecule has 124 valence electrons. The van der Waals surface area contributed by atoms with Crippen molar-refractivity contribution in [3.8, 4) is 5.75 Å². The molecule has 2 aromatic rings. The summed E-state index contributed by atoms with van der Waals surface area (Å²) in [6.45, 7) is -0.292. The van der Waals surface area contributed by atoms with E-state index in [2.05, 4.69) is 5.32 Å². The summed E-state index contributed by atoms with van der Waals surface area (Å²) in [5.41, 5.74) is 5.64. The topological polar surface area (TPSA) is 125 Å². The Morgan fingerprint density at radius 2 is 1.88 bits per heavy atom. The van der Waals surface area contributed by atoms with Crippen LogP contribution in [0.25, 0.3) is 0 Å². The summed E-state index contributed by atoms with van der Waals surface area (Å²) in [6, 6.07) is 9.07. The highest BCUT2D eigenvalue weighted by Crippen LogP contribution is 2.28. The number of hydrogen-bond acceptors (Lipinski definition) is 5. The number of nitro benzene ring substituents is 1. The van der Waals surface area contributed by atoms with E-state index >= 15 is 0 Å². The maximum Gasteiger partial charge on any atom is 0.316 e. The van der Waals surface area contributed by atoms with Gasteiger partial charge in [0.15, 0.2) is 12.4 Å². The van der Waals surface area contributed by atoms with Crippen LogP contribution in [0.5, 0.6) is 5.75 Å². The fourth-order valence-corrected chi connectivity index (χ4v) is 2.06. The van der Waals surface area contributed by atoms with Crippen LogP contribution >= 0.6 is 11.6 Å². The molecule has 0 heterocycles. The van der Waals surface area contributed by atoms with E-state index in [9.17, 15) is 19.7 Å². The first-order valence-electron chi connectivity index (χ1n) is 6.63. The van der Waals surface area contributed by atoms with Gasteiger partial charge in [0.1, 0.15) is 5.75 Å². The fourth-order valence-electron chi connectivity index (χ4n) is 1.83. The number of ether oxygens (including phenoxy) is 1. The summed E-state index contributed by atoms with van der Waals surface area (Å²) >= 11 is 5.88. The Labute approximate surface area is 141 Å². The van der Waals surface area contributed by atoms with Gasteiger partial charge in [0.05, 0.1) is 9.95 Å². The number of rotatable bonds is 6. The van der Waals surface area contributed by atoms with E-state index < -0.39 is 11.0 Å². The Bertz CT molecular complexity index is 792. The predicted octanol–water partition coefficient (Wildman–Crippen LogP) is 3.00. The second kappa shape index (κ2) is 7.42. The first-order valence-corrected chi connectivity index (χ1v) is 7.01. The van der Waals surface area contributed by atoms with Gasteiger partial charge in [-0.15, -0.1) is 0 Å². The fraction of sp³-hybridized carbons (Fsp3) is 0.0667. The van der Waals surface area contributed by atoms with E-state index in [1.165, 1.54) is 36.4 Å². The van der Waals surface area contributed by atoms with Gasteiger partial charge in [-0.1, -0.05) is 11.6 Å². The maximum absolute atomic E-state index is 12.0. The Kier molecular flexibility index (Phi) is 5.33. The first-order chi connectivity index (χ1) is 11.4. The molecule has 0 bridgehead atoms. The summed E-state index contributed by atoms with van der Waals surface area (Å²) in [5, 5.41) is 13.0. The van der Waals surface area contributed by atoms with Crippen molar-refractivity contribution in [2.24, 2.45) is 5.73 Å². The first kappa shape index (κ1) is 17.2. The van der Waals surface area contributed by atoms with Crippen LogP contribution in [-0.4, -0.2) is 23.3 Å². The van der Waals surface area contributed by atoms with Crippen LogP contribution in [0.4, 0.5) is 16.2 Å². The number of amides is 2. The Balaban J connectivity index is 2.00. The summed E-state index contributed by atoms with van der Waals surface area (Å²) in [4.78, 5) is 32.8. The number of nitrogens with two attached hydrogens (primary N) is 1. The van der Waals surface area contributed by atoms with Crippen LogP contribution in [0, 0.1) is 10.1 Å². The van der Waals surface area contributed by atoms with Crippen LogP contribution in [0.1, 0.15) is 10.4 Å². The minimum Gasteiger partial charge on any atom is -0.484 e. The van der Waals surface area contributed by atoms with Crippen molar-refractivity contribution >= 4 is 34.8 Å². The number of nitro groups is 1. The molecule has 0 saturated heterocycles. The Morgan fingerprint density at radius 3 is 2.42 bits per heavy atom. The molecule has 0 aliphatic rings. The van der Waals surface area contributed by atoms with Crippen molar-refractivity contribution < 1.29 is 19.2 Å². The molecule has 24 heavy (non-hydrogen) atoms. The molecule has 0 aromatic heterocycles. The third-order valence-electron chi connectivity index (χ3n) is 2.96. The van der Waals surface area contributed by atoms with Crippen molar-refractivity contribution in [3.05, 3.63) is 63.2 Å². The molecule has 0 fully saturated rings. The Morgan fingerprint density at radius 1 is 1.21 bits per heavy atom. The highest BCUT2D eigenvalue weighted by molar-refractivity contribution is 6.32. The van der Waals surface area contributed by atoms with Crippen LogP contribution in [0.3, 0.4) is 0 Å². The number of hydrogen-bond donors (Lipinski definition) is 2. The van der Waals surface area contributed by atoms with Gasteiger partial charge in [-0.05, 0) is 30.3 Å². The number of urea groups is 1. The van der Waals surface area contributed by atoms with Crippen molar-refractivity contribution in [2.75, 3.05) is 11.9 Å². The lowest BCUT2D eigenvalue weighted by Crippen LogP contribution is -2.19. The number of primary amides is 1. The quantitative estimate of drug-likeness (QED) is 0.471. The number of carbonyl (C=O) groups is 2. The summed E-state index contributed by atoms with van der Waals surface area (Å²) in [6.07, 6.45) is 0. The summed E-state index contributed by atoms with van der Waals surface area (Å²) < 4.78 is 5.29. The zero-order valence-corrected chi connectivity index (χ0v) is 12.9. The second-order valence-corrected chi connectivity index (χ2v) is 5.06. The van der Waals surface area contributed by atoms with Gasteiger partial charge in [0.2, 0.25) is 0 Å². The van der Waals surface area contributed by atoms with Crippen molar-refractivity contribution in [1.82, 2.24) is 0 Å². The molecule has 0 spiro atoms. The lowest BCUT2D eigenvalue weighted by Gasteiger charge is -2.08. The van der Waals surface area contributed by atoms with Crippen LogP contribution in [0.15, 0.2) is 42.5 Å². The molecule has 2 amide bonds. The molecule has 0 saturated carbocycles. The number of anilines is 1. The molecule has 9 heteroatoms. The van der Waals surface area contributed by atoms with E-state index in [1.807, 2.05) is 0 Å². The Hall–Kier alpha value is -3.13. The molecule has 8 nitrogen and oxygen atoms in total. The minimum atomic E-state index is -0.703. The average Bonchev–Trinajstić information content (AvgIpc) is 2.53. The summed E-state index contributed by atoms with van der Waals surface area (Å²) in [7, 11) is 0. The third kappa shape index (κ3) is 4.43. The number of nitrogens with zero attached hydrogens (tertiary/aromatic N) is 1. The number of non-ortho nitro benzene ring substituents is 1. The molecule has 2 aromatic carbocycles. The second-order valence-electron chi connectivity index (χ2n) is 4.65. The van der Waals surface area contributed by atoms with Gasteiger partial charge in [-0.2, -0.15) is 0 Å². The molecule has 0 atom stereocenters. The van der Waals surface area contributed by atoms with E-state index in [4.69, 9.17) is 22.1 Å². The normalized spacial score (nSPS) is 10.0. The van der Waals surface area contributed by atoms with E-state index in [-0.39, 0.29) is 28.8 Å². The molecule has 2 rings (SSSR count). The SMILES string of the molecule is NC(=O)Nc1ccc(C(=O)COc2ccc([N+](=O)[O-])cc2Cl)cc1. The minimum absolute atomic E-state index is 0.0398. The number of nitrogens with one attached hydrogen (secondary N) is 1. The van der Waals surface area contributed by atoms with Crippen molar-refractivity contribution in [3.63, 3.8) is 0 Å². The monoisotopic (exact) mass is 349 g/mol. The number of benzene rings is 2. The number of ketones is 1. The largest absolute Gasteiger partial charge is 0.484 e. The third-order valence-corrected chi connectivity index (χ3v) is 3.25. The lowest BCUT2D eigenvalue weighted by atomic mass is 10.1. The van der Waals surface area contributed by atoms with E-state index in [0.29, 0.717) is 11.3 Å². The number of Topliss-reactive ketones (excluding diaryl/α,β-unsaturated/α-hetero) is 1. The van der Waals surface area contributed by atoms with E-state index in [0.717, 1.165) is 6.07 Å². The zero-order valence-electron chi connectivity index (χ0n) is 12.2. The maximum atomic E-state index is 12.0. The van der Waals surface area contributed by atoms with Crippen molar-refractivity contribution in [2.45, 2.75) is 0 Å². The van der Waals surface area contributed by atoms with Gasteiger partial charge in [0, 0.05) is 23.4 Å². The lowest BCUT2D eigenvalue weighted by molar-refractivity contribution is -0.384. The zero-order chi connectivity index (χ0) is 17.7. The molecular formula is C15H12ClN3O5. The molecule has 0 radical (unpaired) electrons. The molecular weight excluding hydrogens is 338 g/mol. The van der Waals surface area contributed by atoms with Gasteiger partial charge < -0.3 is 15.8 Å². The highest BCUT2D eigenvalue weighted by Gasteiger charge is 2.12. The standard InChI is InChI=1S/C15H12ClN3O5/c16-12-7-11(19(22)23)5-6-14(12)24-8-13(20)9-1-3-10(4-2-9)18-15(17)21/h1-7H,8H2,(H3,17,18,21). The van der Waals surface area contributed by atoms with Crippen LogP contribution in [0.2, 0.25) is 5.02 Å². The molecule has 0 aliphatic carbocycles. The van der Waals surface area contributed by atoms with Gasteiger partial charge in [0.25, 0.3) is 5.69 Å².